The highest BCUT2D eigenvalue weighted by atomic mass is 19.4. The van der Waals surface area contributed by atoms with Gasteiger partial charge < -0.3 is 14.3 Å². The Morgan fingerprint density at radius 2 is 1.67 bits per heavy atom. The summed E-state index contributed by atoms with van der Waals surface area (Å²) >= 11 is 0. The van der Waals surface area contributed by atoms with E-state index in [2.05, 4.69) is 0 Å². The van der Waals surface area contributed by atoms with Crippen LogP contribution in [0.5, 0.6) is 0 Å². The molecule has 0 saturated carbocycles. The van der Waals surface area contributed by atoms with Crippen LogP contribution in [0.25, 0.3) is 0 Å². The van der Waals surface area contributed by atoms with E-state index in [0.717, 1.165) is 6.08 Å². The normalized spacial score (nSPS) is 27.5. The minimum Gasteiger partial charge on any atom is -0.352 e. The molecule has 182 valence electrons. The van der Waals surface area contributed by atoms with E-state index in [0.29, 0.717) is 18.4 Å². The lowest BCUT2D eigenvalue weighted by molar-refractivity contribution is -0.232. The van der Waals surface area contributed by atoms with Crippen LogP contribution in [-0.2, 0) is 26.6 Å². The second-order valence-electron chi connectivity index (χ2n) is 8.00. The number of alkyl halides is 6. The molecule has 1 aromatic rings. The average Bonchev–Trinajstić information content (AvgIpc) is 2.74. The first-order valence-electron chi connectivity index (χ1n) is 10.1. The molecule has 0 bridgehead atoms. The van der Waals surface area contributed by atoms with Crippen molar-refractivity contribution in [1.82, 2.24) is 0 Å². The quantitative estimate of drug-likeness (QED) is 0.345. The number of benzene rings is 1. The highest BCUT2D eigenvalue weighted by Gasteiger charge is 2.42. The minimum absolute atomic E-state index is 0.00896. The molecule has 2 aliphatic rings. The summed E-state index contributed by atoms with van der Waals surface area (Å²) in [4.78, 5) is 11.6. The zero-order valence-electron chi connectivity index (χ0n) is 17.2. The Balaban J connectivity index is 1.90. The predicted molar refractivity (Wildman–Crippen MR) is 99.8 cm³/mol. The molecule has 3 rings (SSSR count). The molecule has 5 unspecified atom stereocenters. The molecule has 1 fully saturated rings. The first kappa shape index (κ1) is 25.4. The predicted octanol–water partition coefficient (Wildman–Crippen LogP) is 6.71. The second kappa shape index (κ2) is 9.54. The molecule has 1 aromatic carbocycles. The van der Waals surface area contributed by atoms with Crippen LogP contribution < -0.4 is 0 Å². The van der Waals surface area contributed by atoms with Gasteiger partial charge in [-0.25, -0.2) is 8.78 Å². The summed E-state index contributed by atoms with van der Waals surface area (Å²) in [5.41, 5.74) is -3.39. The third kappa shape index (κ3) is 5.81. The Hall–Kier alpha value is -2.27. The van der Waals surface area contributed by atoms with Crippen LogP contribution >= 0.6 is 0 Å². The van der Waals surface area contributed by atoms with Crippen LogP contribution in [0.1, 0.15) is 42.6 Å². The smallest absolute Gasteiger partial charge is 0.352 e. The number of halogens is 8. The molecule has 33 heavy (non-hydrogen) atoms. The van der Waals surface area contributed by atoms with Crippen LogP contribution in [0, 0.1) is 17.8 Å². The van der Waals surface area contributed by atoms with Gasteiger partial charge in [-0.1, -0.05) is 6.08 Å². The van der Waals surface area contributed by atoms with Crippen LogP contribution in [0.4, 0.5) is 35.1 Å². The number of rotatable bonds is 5. The van der Waals surface area contributed by atoms with Gasteiger partial charge in [-0.05, 0) is 49.1 Å². The number of carbonyl (C=O) groups is 1. The highest BCUT2D eigenvalue weighted by Crippen LogP contribution is 2.42. The van der Waals surface area contributed by atoms with Crippen molar-refractivity contribution in [1.29, 1.82) is 0 Å². The summed E-state index contributed by atoms with van der Waals surface area (Å²) < 4.78 is 118. The molecule has 0 aromatic heterocycles. The van der Waals surface area contributed by atoms with Crippen LogP contribution in [0.2, 0.25) is 0 Å². The third-order valence-corrected chi connectivity index (χ3v) is 5.79. The number of hydrogen-bond acceptors (Lipinski definition) is 3. The fraction of sp³-hybridized carbons (Fsp3) is 0.500. The van der Waals surface area contributed by atoms with E-state index >= 15 is 0 Å². The van der Waals surface area contributed by atoms with Gasteiger partial charge in [0.15, 0.2) is 12.1 Å². The Morgan fingerprint density at radius 3 is 2.18 bits per heavy atom. The third-order valence-electron chi connectivity index (χ3n) is 5.79. The maximum absolute atomic E-state index is 13.9. The summed E-state index contributed by atoms with van der Waals surface area (Å²) in [6, 6.07) is 1.11. The van der Waals surface area contributed by atoms with Crippen LogP contribution in [0.3, 0.4) is 0 Å². The topological polar surface area (TPSA) is 35.5 Å². The van der Waals surface area contributed by atoms with Crippen molar-refractivity contribution in [2.24, 2.45) is 17.8 Å². The minimum atomic E-state index is -5.02. The SMILES string of the molecule is CC(OC1OCCC(C=O)C1C1C=CC(F)=C(F)C1)c1cc(C(F)(F)F)cc(C(F)(F)F)c1. The molecule has 1 saturated heterocycles. The number of allylic oxidation sites excluding steroid dienone is 4. The lowest BCUT2D eigenvalue weighted by Crippen LogP contribution is -2.43. The number of carbonyl (C=O) groups excluding carboxylic acids is 1. The van der Waals surface area contributed by atoms with Crippen LogP contribution in [-0.4, -0.2) is 19.2 Å². The Morgan fingerprint density at radius 1 is 1.06 bits per heavy atom. The lowest BCUT2D eigenvalue weighted by atomic mass is 9.75. The van der Waals surface area contributed by atoms with E-state index in [9.17, 15) is 39.9 Å². The van der Waals surface area contributed by atoms with E-state index in [4.69, 9.17) is 9.47 Å². The zero-order chi connectivity index (χ0) is 24.6. The average molecular weight is 484 g/mol. The Kier molecular flexibility index (Phi) is 7.33. The summed E-state index contributed by atoms with van der Waals surface area (Å²) in [7, 11) is 0. The summed E-state index contributed by atoms with van der Waals surface area (Å²) in [5, 5.41) is 0. The number of hydrogen-bond donors (Lipinski definition) is 0. The second-order valence-corrected chi connectivity index (χ2v) is 8.00. The molecule has 1 aliphatic carbocycles. The first-order chi connectivity index (χ1) is 15.3. The van der Waals surface area contributed by atoms with Crippen molar-refractivity contribution >= 4 is 6.29 Å². The van der Waals surface area contributed by atoms with E-state index in [-0.39, 0.29) is 25.5 Å². The molecule has 0 spiro atoms. The standard InChI is InChI=1S/C22H20F8O3/c1-11(14-6-15(21(25,26)27)9-16(7-14)22(28,29)30)33-20-19(13(10-31)4-5-32-20)12-2-3-17(23)18(24)8-12/h2-3,6-7,9-13,19-20H,4-5,8H2,1H3. The summed E-state index contributed by atoms with van der Waals surface area (Å²) in [5.74, 6) is -4.31. The molecular formula is C22H20F8O3. The molecule has 5 atom stereocenters. The summed E-state index contributed by atoms with van der Waals surface area (Å²) in [6.45, 7) is 1.29. The van der Waals surface area contributed by atoms with Crippen molar-refractivity contribution in [2.45, 2.75) is 44.5 Å². The van der Waals surface area contributed by atoms with Crippen molar-refractivity contribution in [2.75, 3.05) is 6.61 Å². The molecule has 1 aliphatic heterocycles. The van der Waals surface area contributed by atoms with E-state index in [1.807, 2.05) is 0 Å². The fourth-order valence-corrected chi connectivity index (χ4v) is 4.06. The maximum atomic E-state index is 13.9. The van der Waals surface area contributed by atoms with Gasteiger partial charge in [0.1, 0.15) is 12.1 Å². The van der Waals surface area contributed by atoms with Gasteiger partial charge in [0.25, 0.3) is 0 Å². The maximum Gasteiger partial charge on any atom is 0.416 e. The molecule has 0 N–H and O–H groups in total. The van der Waals surface area contributed by atoms with Gasteiger partial charge in [-0.2, -0.15) is 26.3 Å². The van der Waals surface area contributed by atoms with E-state index in [1.54, 1.807) is 0 Å². The van der Waals surface area contributed by atoms with Crippen LogP contribution in [0.15, 0.2) is 42.0 Å². The van der Waals surface area contributed by atoms with E-state index < -0.39 is 70.8 Å². The Bertz CT molecular complexity index is 902. The first-order valence-corrected chi connectivity index (χ1v) is 10.1. The fourth-order valence-electron chi connectivity index (χ4n) is 4.06. The van der Waals surface area contributed by atoms with Gasteiger partial charge in [0.2, 0.25) is 0 Å². The van der Waals surface area contributed by atoms with Gasteiger partial charge in [0, 0.05) is 18.3 Å². The molecule has 3 nitrogen and oxygen atoms in total. The number of aldehydes is 1. The molecular weight excluding hydrogens is 464 g/mol. The lowest BCUT2D eigenvalue weighted by Gasteiger charge is -2.40. The van der Waals surface area contributed by atoms with Gasteiger partial charge >= 0.3 is 12.4 Å². The van der Waals surface area contributed by atoms with Crippen molar-refractivity contribution in [3.8, 4) is 0 Å². The van der Waals surface area contributed by atoms with Crippen molar-refractivity contribution < 1.29 is 49.4 Å². The highest BCUT2D eigenvalue weighted by molar-refractivity contribution is 5.54. The van der Waals surface area contributed by atoms with Gasteiger partial charge in [0.05, 0.1) is 23.8 Å². The van der Waals surface area contributed by atoms with Crippen molar-refractivity contribution in [3.63, 3.8) is 0 Å². The van der Waals surface area contributed by atoms with E-state index in [1.165, 1.54) is 13.0 Å². The largest absolute Gasteiger partial charge is 0.416 e. The Labute approximate surface area is 184 Å². The van der Waals surface area contributed by atoms with Gasteiger partial charge in [-0.3, -0.25) is 0 Å². The number of ether oxygens (including phenoxy) is 2. The monoisotopic (exact) mass is 484 g/mol. The van der Waals surface area contributed by atoms with Gasteiger partial charge in [-0.15, -0.1) is 0 Å². The molecule has 11 heteroatoms. The van der Waals surface area contributed by atoms with Crippen molar-refractivity contribution in [3.05, 3.63) is 58.7 Å². The molecule has 0 amide bonds. The molecule has 0 radical (unpaired) electrons. The molecule has 1 heterocycles. The zero-order valence-corrected chi connectivity index (χ0v) is 17.2. The summed E-state index contributed by atoms with van der Waals surface area (Å²) in [6.07, 6.45) is -9.84.